The van der Waals surface area contributed by atoms with Gasteiger partial charge in [0.1, 0.15) is 11.5 Å². The Hall–Kier alpha value is -1.26. The molecule has 1 N–H and O–H groups in total. The highest BCUT2D eigenvalue weighted by molar-refractivity contribution is 5.42. The number of hydrogen-bond donors (Lipinski definition) is 1. The molecule has 2 rings (SSSR count). The Morgan fingerprint density at radius 3 is 2.80 bits per heavy atom. The summed E-state index contributed by atoms with van der Waals surface area (Å²) in [5.41, 5.74) is 0.924. The second-order valence-electron chi connectivity index (χ2n) is 5.55. The highest BCUT2D eigenvalue weighted by Gasteiger charge is 2.34. The minimum Gasteiger partial charge on any atom is -0.497 e. The molecule has 0 aliphatic carbocycles. The Morgan fingerprint density at radius 2 is 2.15 bits per heavy atom. The van der Waals surface area contributed by atoms with Crippen molar-refractivity contribution in [3.05, 3.63) is 23.8 Å². The lowest BCUT2D eigenvalue weighted by atomic mass is 9.96. The second kappa shape index (κ2) is 6.46. The number of benzene rings is 1. The molecule has 1 heterocycles. The predicted molar refractivity (Wildman–Crippen MR) is 79.6 cm³/mol. The van der Waals surface area contributed by atoms with E-state index in [0.717, 1.165) is 43.0 Å². The third-order valence-corrected chi connectivity index (χ3v) is 3.82. The Morgan fingerprint density at radius 1 is 1.35 bits per heavy atom. The highest BCUT2D eigenvalue weighted by atomic mass is 16.5. The molecule has 0 saturated carbocycles. The van der Waals surface area contributed by atoms with Crippen molar-refractivity contribution in [2.24, 2.45) is 0 Å². The van der Waals surface area contributed by atoms with Gasteiger partial charge in [-0.2, -0.15) is 0 Å². The molecule has 1 aliphatic heterocycles. The molecule has 2 atom stereocenters. The Bertz CT molecular complexity index is 445. The van der Waals surface area contributed by atoms with Gasteiger partial charge < -0.3 is 19.5 Å². The zero-order chi connectivity index (χ0) is 14.6. The molecule has 20 heavy (non-hydrogen) atoms. The van der Waals surface area contributed by atoms with Gasteiger partial charge in [0.25, 0.3) is 0 Å². The number of ether oxygens (including phenoxy) is 3. The molecular formula is C16H25NO3. The first-order valence-corrected chi connectivity index (χ1v) is 7.22. The van der Waals surface area contributed by atoms with Crippen LogP contribution < -0.4 is 14.8 Å². The molecule has 0 amide bonds. The van der Waals surface area contributed by atoms with Crippen molar-refractivity contribution in [3.63, 3.8) is 0 Å². The topological polar surface area (TPSA) is 39.7 Å². The van der Waals surface area contributed by atoms with Crippen molar-refractivity contribution < 1.29 is 14.2 Å². The van der Waals surface area contributed by atoms with E-state index in [4.69, 9.17) is 14.2 Å². The lowest BCUT2D eigenvalue weighted by molar-refractivity contribution is -0.112. The van der Waals surface area contributed by atoms with E-state index < -0.39 is 0 Å². The summed E-state index contributed by atoms with van der Waals surface area (Å²) in [6.07, 6.45) is 2.15. The molecule has 0 radical (unpaired) electrons. The maximum atomic E-state index is 6.34. The van der Waals surface area contributed by atoms with Gasteiger partial charge in [0.05, 0.1) is 25.9 Å². The monoisotopic (exact) mass is 279 g/mol. The van der Waals surface area contributed by atoms with Gasteiger partial charge in [-0.15, -0.1) is 0 Å². The van der Waals surface area contributed by atoms with Crippen molar-refractivity contribution in [3.8, 4) is 11.5 Å². The largest absolute Gasteiger partial charge is 0.497 e. The number of morpholine rings is 1. The third kappa shape index (κ3) is 3.25. The van der Waals surface area contributed by atoms with Crippen molar-refractivity contribution in [1.82, 2.24) is 5.32 Å². The zero-order valence-corrected chi connectivity index (χ0v) is 12.9. The summed E-state index contributed by atoms with van der Waals surface area (Å²) in [4.78, 5) is 0. The average Bonchev–Trinajstić information content (AvgIpc) is 2.46. The molecule has 1 aromatic rings. The van der Waals surface area contributed by atoms with Crippen molar-refractivity contribution in [1.29, 1.82) is 0 Å². The molecule has 1 saturated heterocycles. The normalized spacial score (nSPS) is 26.3. The summed E-state index contributed by atoms with van der Waals surface area (Å²) in [6, 6.07) is 5.84. The van der Waals surface area contributed by atoms with Crippen LogP contribution in [0.15, 0.2) is 18.2 Å². The van der Waals surface area contributed by atoms with Crippen LogP contribution in [0.25, 0.3) is 0 Å². The van der Waals surface area contributed by atoms with Crippen LogP contribution in [0.3, 0.4) is 0 Å². The van der Waals surface area contributed by atoms with Gasteiger partial charge in [0.2, 0.25) is 0 Å². The zero-order valence-electron chi connectivity index (χ0n) is 12.9. The first-order valence-electron chi connectivity index (χ1n) is 7.22. The van der Waals surface area contributed by atoms with Crippen LogP contribution in [-0.4, -0.2) is 32.9 Å². The van der Waals surface area contributed by atoms with Crippen molar-refractivity contribution in [2.75, 3.05) is 27.3 Å². The number of methoxy groups -OCH3 is 2. The first-order chi connectivity index (χ1) is 9.61. The summed E-state index contributed by atoms with van der Waals surface area (Å²) in [5.74, 6) is 1.67. The first kappa shape index (κ1) is 15.1. The summed E-state index contributed by atoms with van der Waals surface area (Å²) >= 11 is 0. The third-order valence-electron chi connectivity index (χ3n) is 3.82. The lowest BCUT2D eigenvalue weighted by Crippen LogP contribution is -2.48. The van der Waals surface area contributed by atoms with E-state index in [1.165, 1.54) is 0 Å². The van der Waals surface area contributed by atoms with Crippen LogP contribution >= 0.6 is 0 Å². The van der Waals surface area contributed by atoms with Gasteiger partial charge in [0.15, 0.2) is 0 Å². The fourth-order valence-electron chi connectivity index (χ4n) is 2.84. The average molecular weight is 279 g/mol. The van der Waals surface area contributed by atoms with E-state index in [9.17, 15) is 0 Å². The van der Waals surface area contributed by atoms with Gasteiger partial charge in [-0.1, -0.05) is 13.3 Å². The van der Waals surface area contributed by atoms with E-state index in [1.807, 2.05) is 18.2 Å². The van der Waals surface area contributed by atoms with Gasteiger partial charge in [-0.3, -0.25) is 0 Å². The molecule has 112 valence electrons. The smallest absolute Gasteiger partial charge is 0.124 e. The van der Waals surface area contributed by atoms with Crippen molar-refractivity contribution >= 4 is 0 Å². The van der Waals surface area contributed by atoms with Gasteiger partial charge in [-0.05, 0) is 31.5 Å². The van der Waals surface area contributed by atoms with Gasteiger partial charge in [-0.25, -0.2) is 0 Å². The van der Waals surface area contributed by atoms with E-state index >= 15 is 0 Å². The lowest BCUT2D eigenvalue weighted by Gasteiger charge is -2.39. The summed E-state index contributed by atoms with van der Waals surface area (Å²) in [7, 11) is 3.36. The van der Waals surface area contributed by atoms with E-state index in [-0.39, 0.29) is 11.7 Å². The molecule has 1 aliphatic rings. The molecule has 1 fully saturated rings. The minimum absolute atomic E-state index is 0.00894. The fraction of sp³-hybridized carbons (Fsp3) is 0.625. The van der Waals surface area contributed by atoms with Crippen LogP contribution in [0.1, 0.15) is 38.4 Å². The fourth-order valence-corrected chi connectivity index (χ4v) is 2.84. The van der Waals surface area contributed by atoms with Crippen LogP contribution in [0, 0.1) is 0 Å². The summed E-state index contributed by atoms with van der Waals surface area (Å²) in [5, 5.41) is 3.48. The number of rotatable bonds is 5. The maximum Gasteiger partial charge on any atom is 0.124 e. The molecule has 0 spiro atoms. The standard InChI is InChI=1S/C16H25NO3/c1-5-8-16(2)11-17-10-15(20-16)13-9-12(18-3)6-7-14(13)19-4/h6-7,9,15,17H,5,8,10-11H2,1-4H3. The second-order valence-corrected chi connectivity index (χ2v) is 5.55. The SMILES string of the molecule is CCCC1(C)CNCC(c2cc(OC)ccc2OC)O1. The molecule has 2 unspecified atom stereocenters. The van der Waals surface area contributed by atoms with Gasteiger partial charge in [0, 0.05) is 18.7 Å². The highest BCUT2D eigenvalue weighted by Crippen LogP contribution is 2.36. The van der Waals surface area contributed by atoms with Crippen molar-refractivity contribution in [2.45, 2.75) is 38.4 Å². The molecule has 1 aromatic carbocycles. The molecular weight excluding hydrogens is 254 g/mol. The Kier molecular flexibility index (Phi) is 4.89. The summed E-state index contributed by atoms with van der Waals surface area (Å²) in [6.45, 7) is 6.04. The van der Waals surface area contributed by atoms with Crippen LogP contribution in [0.4, 0.5) is 0 Å². The quantitative estimate of drug-likeness (QED) is 0.899. The minimum atomic E-state index is -0.119. The molecule has 0 bridgehead atoms. The van der Waals surface area contributed by atoms with E-state index in [2.05, 4.69) is 19.2 Å². The molecule has 0 aromatic heterocycles. The predicted octanol–water partition coefficient (Wildman–Crippen LogP) is 2.92. The number of hydrogen-bond acceptors (Lipinski definition) is 4. The van der Waals surface area contributed by atoms with Crippen LogP contribution in [0.5, 0.6) is 11.5 Å². The number of nitrogens with one attached hydrogen (secondary N) is 1. The van der Waals surface area contributed by atoms with Gasteiger partial charge >= 0.3 is 0 Å². The van der Waals surface area contributed by atoms with E-state index in [0.29, 0.717) is 0 Å². The Labute approximate surface area is 121 Å². The summed E-state index contributed by atoms with van der Waals surface area (Å²) < 4.78 is 17.1. The van der Waals surface area contributed by atoms with Crippen LogP contribution in [-0.2, 0) is 4.74 Å². The Balaban J connectivity index is 2.25. The van der Waals surface area contributed by atoms with Crippen LogP contribution in [0.2, 0.25) is 0 Å². The molecule has 4 nitrogen and oxygen atoms in total. The maximum absolute atomic E-state index is 6.34. The molecule has 4 heteroatoms. The van der Waals surface area contributed by atoms with E-state index in [1.54, 1.807) is 14.2 Å².